The monoisotopic (exact) mass is 291 g/mol. The molecule has 1 N–H and O–H groups in total. The first-order chi connectivity index (χ1) is 10.5. The quantitative estimate of drug-likeness (QED) is 0.805. The van der Waals surface area contributed by atoms with Gasteiger partial charge in [0.15, 0.2) is 0 Å². The second kappa shape index (κ2) is 5.48. The van der Waals surface area contributed by atoms with Crippen molar-refractivity contribution in [2.75, 3.05) is 5.32 Å². The predicted molar refractivity (Wildman–Crippen MR) is 85.3 cm³/mol. The van der Waals surface area contributed by atoms with Crippen LogP contribution >= 0.6 is 0 Å². The molecule has 3 aromatic rings. The van der Waals surface area contributed by atoms with Crippen LogP contribution in [-0.2, 0) is 0 Å². The van der Waals surface area contributed by atoms with Crippen molar-refractivity contribution in [3.63, 3.8) is 0 Å². The molecule has 1 heterocycles. The van der Waals surface area contributed by atoms with E-state index in [0.29, 0.717) is 16.7 Å². The number of pyridine rings is 1. The van der Waals surface area contributed by atoms with Crippen molar-refractivity contribution < 1.29 is 9.90 Å². The summed E-state index contributed by atoms with van der Waals surface area (Å²) in [6.07, 6.45) is 0. The number of aryl methyl sites for hydroxylation is 2. The summed E-state index contributed by atoms with van der Waals surface area (Å²) in [5, 5.41) is 15.1. The smallest absolute Gasteiger partial charge is 0.131 e. The van der Waals surface area contributed by atoms with Gasteiger partial charge in [-0.1, -0.05) is 24.3 Å². The third-order valence-electron chi connectivity index (χ3n) is 3.72. The lowest BCUT2D eigenvalue weighted by atomic mass is 10.1. The Hall–Kier alpha value is -2.88. The zero-order chi connectivity index (χ0) is 15.7. The Morgan fingerprint density at radius 1 is 1.05 bits per heavy atom. The maximum Gasteiger partial charge on any atom is 0.131 e. The number of carboxylic acids is 1. The number of anilines is 2. The Bertz CT molecular complexity index is 872. The lowest BCUT2D eigenvalue weighted by Gasteiger charge is -2.12. The Balaban J connectivity index is 2.07. The van der Waals surface area contributed by atoms with Crippen molar-refractivity contribution in [2.45, 2.75) is 13.8 Å². The summed E-state index contributed by atoms with van der Waals surface area (Å²) in [7, 11) is 0. The van der Waals surface area contributed by atoms with Gasteiger partial charge in [-0.05, 0) is 49.2 Å². The number of hydrogen-bond acceptors (Lipinski definition) is 4. The second-order valence-electron chi connectivity index (χ2n) is 5.28. The van der Waals surface area contributed by atoms with E-state index in [2.05, 4.69) is 10.3 Å². The van der Waals surface area contributed by atoms with Crippen LogP contribution < -0.4 is 10.4 Å². The number of aromatic nitrogens is 1. The molecule has 0 radical (unpaired) electrons. The molecule has 0 aliphatic carbocycles. The summed E-state index contributed by atoms with van der Waals surface area (Å²) < 4.78 is 0. The lowest BCUT2D eigenvalue weighted by molar-refractivity contribution is -0.254. The molecule has 0 aliphatic rings. The standard InChI is InChI=1S/C18H16N2O2/c1-11-7-8-13(9-12(11)2)19-17-10-15(18(21)22)14-5-3-4-6-16(14)20-17/h3-10H,1-2H3,(H,19,20)(H,21,22)/p-1. The van der Waals surface area contributed by atoms with Crippen LogP contribution in [-0.4, -0.2) is 11.0 Å². The average Bonchev–Trinajstić information content (AvgIpc) is 2.50. The lowest BCUT2D eigenvalue weighted by Crippen LogP contribution is -2.22. The Labute approximate surface area is 128 Å². The van der Waals surface area contributed by atoms with Crippen LogP contribution in [0.5, 0.6) is 0 Å². The van der Waals surface area contributed by atoms with Crippen LogP contribution in [0.3, 0.4) is 0 Å². The zero-order valence-corrected chi connectivity index (χ0v) is 12.4. The molecule has 4 heteroatoms. The Morgan fingerprint density at radius 3 is 2.55 bits per heavy atom. The highest BCUT2D eigenvalue weighted by atomic mass is 16.4. The maximum atomic E-state index is 11.4. The molecule has 2 aromatic carbocycles. The largest absolute Gasteiger partial charge is 0.545 e. The molecule has 0 spiro atoms. The Kier molecular flexibility index (Phi) is 3.51. The first kappa shape index (κ1) is 14.1. The number of aromatic carboxylic acids is 1. The summed E-state index contributed by atoms with van der Waals surface area (Å²) in [4.78, 5) is 15.8. The van der Waals surface area contributed by atoms with Gasteiger partial charge < -0.3 is 15.2 Å². The minimum Gasteiger partial charge on any atom is -0.545 e. The molecule has 0 amide bonds. The zero-order valence-electron chi connectivity index (χ0n) is 12.4. The van der Waals surface area contributed by atoms with Crippen LogP contribution in [0.25, 0.3) is 10.9 Å². The first-order valence-electron chi connectivity index (χ1n) is 7.00. The molecule has 0 saturated heterocycles. The normalized spacial score (nSPS) is 10.6. The molecule has 0 bridgehead atoms. The van der Waals surface area contributed by atoms with Gasteiger partial charge in [0.25, 0.3) is 0 Å². The summed E-state index contributed by atoms with van der Waals surface area (Å²) in [6.45, 7) is 4.07. The van der Waals surface area contributed by atoms with E-state index in [1.807, 2.05) is 38.1 Å². The number of para-hydroxylation sites is 1. The number of carboxylic acid groups (broad SMARTS) is 1. The number of rotatable bonds is 3. The molecule has 0 fully saturated rings. The molecule has 0 saturated carbocycles. The minimum absolute atomic E-state index is 0.136. The van der Waals surface area contributed by atoms with E-state index in [-0.39, 0.29) is 5.56 Å². The molecular weight excluding hydrogens is 276 g/mol. The molecule has 4 nitrogen and oxygen atoms in total. The maximum absolute atomic E-state index is 11.4. The second-order valence-corrected chi connectivity index (χ2v) is 5.28. The van der Waals surface area contributed by atoms with Gasteiger partial charge in [-0.25, -0.2) is 4.98 Å². The Morgan fingerprint density at radius 2 is 1.82 bits per heavy atom. The SMILES string of the molecule is Cc1ccc(Nc2cc(C(=O)[O-])c3ccccc3n2)cc1C. The molecule has 22 heavy (non-hydrogen) atoms. The summed E-state index contributed by atoms with van der Waals surface area (Å²) >= 11 is 0. The van der Waals surface area contributed by atoms with Gasteiger partial charge in [-0.2, -0.15) is 0 Å². The topological polar surface area (TPSA) is 65.0 Å². The molecular formula is C18H15N2O2-. The van der Waals surface area contributed by atoms with Crippen LogP contribution in [0.2, 0.25) is 0 Å². The molecule has 1 aromatic heterocycles. The summed E-state index contributed by atoms with van der Waals surface area (Å²) in [5.74, 6) is -0.720. The number of carbonyl (C=O) groups excluding carboxylic acids is 1. The van der Waals surface area contributed by atoms with E-state index in [1.54, 1.807) is 18.2 Å². The number of carbonyl (C=O) groups is 1. The van der Waals surface area contributed by atoms with Crippen LogP contribution in [0.4, 0.5) is 11.5 Å². The van der Waals surface area contributed by atoms with E-state index in [0.717, 1.165) is 11.3 Å². The number of benzene rings is 2. The van der Waals surface area contributed by atoms with E-state index < -0.39 is 5.97 Å². The minimum atomic E-state index is -1.21. The molecule has 3 rings (SSSR count). The highest BCUT2D eigenvalue weighted by Gasteiger charge is 2.07. The van der Waals surface area contributed by atoms with Gasteiger partial charge >= 0.3 is 0 Å². The van der Waals surface area contributed by atoms with Crippen molar-refractivity contribution >= 4 is 28.4 Å². The number of nitrogens with one attached hydrogen (secondary N) is 1. The van der Waals surface area contributed by atoms with E-state index in [1.165, 1.54) is 11.6 Å². The molecule has 110 valence electrons. The fourth-order valence-corrected chi connectivity index (χ4v) is 2.38. The molecule has 0 unspecified atom stereocenters. The van der Waals surface area contributed by atoms with Crippen molar-refractivity contribution in [3.8, 4) is 0 Å². The van der Waals surface area contributed by atoms with Gasteiger partial charge in [0.1, 0.15) is 5.82 Å². The van der Waals surface area contributed by atoms with Crippen molar-refractivity contribution in [1.29, 1.82) is 0 Å². The third kappa shape index (κ3) is 2.63. The van der Waals surface area contributed by atoms with Gasteiger partial charge in [-0.15, -0.1) is 0 Å². The van der Waals surface area contributed by atoms with Crippen molar-refractivity contribution in [2.24, 2.45) is 0 Å². The highest BCUT2D eigenvalue weighted by molar-refractivity contribution is 6.02. The van der Waals surface area contributed by atoms with E-state index >= 15 is 0 Å². The van der Waals surface area contributed by atoms with Gasteiger partial charge in [-0.3, -0.25) is 0 Å². The third-order valence-corrected chi connectivity index (χ3v) is 3.72. The molecule has 0 aliphatic heterocycles. The van der Waals surface area contributed by atoms with Gasteiger partial charge in [0.2, 0.25) is 0 Å². The first-order valence-corrected chi connectivity index (χ1v) is 7.00. The summed E-state index contributed by atoms with van der Waals surface area (Å²) in [6, 6.07) is 14.6. The fourth-order valence-electron chi connectivity index (χ4n) is 2.38. The van der Waals surface area contributed by atoms with Gasteiger partial charge in [0, 0.05) is 16.6 Å². The van der Waals surface area contributed by atoms with Crippen LogP contribution in [0.1, 0.15) is 21.5 Å². The number of fused-ring (bicyclic) bond motifs is 1. The number of nitrogens with zero attached hydrogens (tertiary/aromatic N) is 1. The summed E-state index contributed by atoms with van der Waals surface area (Å²) in [5.41, 5.74) is 3.99. The average molecular weight is 291 g/mol. The molecule has 0 atom stereocenters. The fraction of sp³-hybridized carbons (Fsp3) is 0.111. The number of hydrogen-bond donors (Lipinski definition) is 1. The highest BCUT2D eigenvalue weighted by Crippen LogP contribution is 2.23. The van der Waals surface area contributed by atoms with Crippen molar-refractivity contribution in [1.82, 2.24) is 4.98 Å². The van der Waals surface area contributed by atoms with Crippen molar-refractivity contribution in [3.05, 3.63) is 65.2 Å². The van der Waals surface area contributed by atoms with E-state index in [4.69, 9.17) is 0 Å². The van der Waals surface area contributed by atoms with Crippen LogP contribution in [0.15, 0.2) is 48.5 Å². The predicted octanol–water partition coefficient (Wildman–Crippen LogP) is 2.96. The van der Waals surface area contributed by atoms with Gasteiger partial charge in [0.05, 0.1) is 11.5 Å². The van der Waals surface area contributed by atoms with E-state index in [9.17, 15) is 9.90 Å². The van der Waals surface area contributed by atoms with Crippen LogP contribution in [0, 0.1) is 13.8 Å².